The predicted molar refractivity (Wildman–Crippen MR) is 74.2 cm³/mol. The van der Waals surface area contributed by atoms with E-state index in [1.54, 1.807) is 14.1 Å². The van der Waals surface area contributed by atoms with Crippen molar-refractivity contribution in [3.05, 3.63) is 28.8 Å². The van der Waals surface area contributed by atoms with Crippen LogP contribution in [0, 0.1) is 13.8 Å². The van der Waals surface area contributed by atoms with E-state index in [9.17, 15) is 4.79 Å². The van der Waals surface area contributed by atoms with Crippen LogP contribution in [-0.4, -0.2) is 31.5 Å². The molecular weight excluding hydrogens is 226 g/mol. The van der Waals surface area contributed by atoms with E-state index in [1.807, 2.05) is 13.0 Å². The summed E-state index contributed by atoms with van der Waals surface area (Å²) in [6, 6.07) is 4.04. The number of ether oxygens (including phenoxy) is 1. The second-order valence-corrected chi connectivity index (χ2v) is 5.13. The van der Waals surface area contributed by atoms with Crippen molar-refractivity contribution in [2.45, 2.75) is 33.6 Å². The van der Waals surface area contributed by atoms with Gasteiger partial charge in [-0.25, -0.2) is 0 Å². The Labute approximate surface area is 110 Å². The lowest BCUT2D eigenvalue weighted by atomic mass is 9.94. The zero-order valence-corrected chi connectivity index (χ0v) is 12.2. The Balaban J connectivity index is 2.86. The van der Waals surface area contributed by atoms with E-state index in [2.05, 4.69) is 26.8 Å². The summed E-state index contributed by atoms with van der Waals surface area (Å²) < 4.78 is 5.58. The second kappa shape index (κ2) is 5.89. The molecule has 0 saturated carbocycles. The molecule has 0 radical (unpaired) electrons. The summed E-state index contributed by atoms with van der Waals surface area (Å²) in [4.78, 5) is 13.0. The zero-order chi connectivity index (χ0) is 13.9. The molecule has 0 heterocycles. The first-order valence-electron chi connectivity index (χ1n) is 6.27. The number of benzene rings is 1. The fraction of sp³-hybridized carbons (Fsp3) is 0.533. The number of carbonyl (C=O) groups is 1. The first-order valence-corrected chi connectivity index (χ1v) is 6.27. The third-order valence-electron chi connectivity index (χ3n) is 3.25. The van der Waals surface area contributed by atoms with Crippen LogP contribution in [0.15, 0.2) is 12.1 Å². The summed E-state index contributed by atoms with van der Waals surface area (Å²) in [7, 11) is 3.46. The monoisotopic (exact) mass is 249 g/mol. The highest BCUT2D eigenvalue weighted by Gasteiger charge is 2.11. The van der Waals surface area contributed by atoms with Gasteiger partial charge in [-0.05, 0) is 42.5 Å². The molecule has 1 aromatic carbocycles. The topological polar surface area (TPSA) is 29.5 Å². The zero-order valence-electron chi connectivity index (χ0n) is 12.2. The minimum Gasteiger partial charge on any atom is -0.483 e. The summed E-state index contributed by atoms with van der Waals surface area (Å²) in [6.07, 6.45) is 0. The van der Waals surface area contributed by atoms with Gasteiger partial charge in [-0.15, -0.1) is 0 Å². The van der Waals surface area contributed by atoms with Crippen LogP contribution >= 0.6 is 0 Å². The molecule has 0 aliphatic carbocycles. The van der Waals surface area contributed by atoms with Gasteiger partial charge in [0.2, 0.25) is 0 Å². The lowest BCUT2D eigenvalue weighted by Crippen LogP contribution is -2.27. The molecule has 0 aromatic heterocycles. The maximum Gasteiger partial charge on any atom is 0.259 e. The Morgan fingerprint density at radius 2 is 1.83 bits per heavy atom. The Morgan fingerprint density at radius 3 is 2.33 bits per heavy atom. The van der Waals surface area contributed by atoms with Crippen molar-refractivity contribution >= 4 is 5.91 Å². The van der Waals surface area contributed by atoms with Crippen molar-refractivity contribution in [3.8, 4) is 5.75 Å². The first-order chi connectivity index (χ1) is 8.34. The van der Waals surface area contributed by atoms with E-state index in [4.69, 9.17) is 4.74 Å². The highest BCUT2D eigenvalue weighted by molar-refractivity contribution is 5.77. The Hall–Kier alpha value is -1.51. The van der Waals surface area contributed by atoms with Gasteiger partial charge in [0.15, 0.2) is 6.61 Å². The van der Waals surface area contributed by atoms with Crippen molar-refractivity contribution in [1.82, 2.24) is 4.90 Å². The average molecular weight is 249 g/mol. The second-order valence-electron chi connectivity index (χ2n) is 5.13. The fourth-order valence-corrected chi connectivity index (χ4v) is 1.87. The molecule has 0 unspecified atom stereocenters. The molecule has 0 aliphatic rings. The summed E-state index contributed by atoms with van der Waals surface area (Å²) >= 11 is 0. The average Bonchev–Trinajstić information content (AvgIpc) is 2.30. The van der Waals surface area contributed by atoms with E-state index >= 15 is 0 Å². The van der Waals surface area contributed by atoms with Crippen LogP contribution in [-0.2, 0) is 4.79 Å². The Bertz CT molecular complexity index is 436. The normalized spacial score (nSPS) is 10.6. The van der Waals surface area contributed by atoms with Gasteiger partial charge in [-0.1, -0.05) is 19.9 Å². The lowest BCUT2D eigenvalue weighted by Gasteiger charge is -2.17. The van der Waals surface area contributed by atoms with Gasteiger partial charge in [0.05, 0.1) is 0 Å². The van der Waals surface area contributed by atoms with Crippen LogP contribution in [0.25, 0.3) is 0 Å². The molecule has 100 valence electrons. The number of rotatable bonds is 4. The number of hydrogen-bond acceptors (Lipinski definition) is 2. The minimum absolute atomic E-state index is 0.0278. The maximum absolute atomic E-state index is 11.5. The van der Waals surface area contributed by atoms with Crippen molar-refractivity contribution in [3.63, 3.8) is 0 Å². The van der Waals surface area contributed by atoms with E-state index in [0.717, 1.165) is 11.3 Å². The Kier molecular flexibility index (Phi) is 4.76. The molecule has 0 saturated heterocycles. The third-order valence-corrected chi connectivity index (χ3v) is 3.25. The molecule has 1 amide bonds. The number of amides is 1. The van der Waals surface area contributed by atoms with Gasteiger partial charge in [0.1, 0.15) is 5.75 Å². The molecule has 1 rings (SSSR count). The number of likely N-dealkylation sites (N-methyl/N-ethyl adjacent to an activating group) is 1. The molecule has 0 N–H and O–H groups in total. The lowest BCUT2D eigenvalue weighted by molar-refractivity contribution is -0.130. The fourth-order valence-electron chi connectivity index (χ4n) is 1.87. The molecule has 0 fully saturated rings. The first kappa shape index (κ1) is 14.6. The van der Waals surface area contributed by atoms with Gasteiger partial charge in [-0.3, -0.25) is 4.79 Å². The SMILES string of the molecule is Cc1c(OCC(=O)N(C)C)ccc(C(C)C)c1C. The Morgan fingerprint density at radius 1 is 1.22 bits per heavy atom. The number of nitrogens with zero attached hydrogens (tertiary/aromatic N) is 1. The van der Waals surface area contributed by atoms with Crippen LogP contribution in [0.1, 0.15) is 36.5 Å². The predicted octanol–water partition coefficient (Wildman–Crippen LogP) is 2.89. The third kappa shape index (κ3) is 3.25. The maximum atomic E-state index is 11.5. The molecule has 3 nitrogen and oxygen atoms in total. The molecular formula is C15H23NO2. The summed E-state index contributed by atoms with van der Waals surface area (Å²) in [5, 5.41) is 0. The van der Waals surface area contributed by atoms with Gasteiger partial charge in [0.25, 0.3) is 5.91 Å². The van der Waals surface area contributed by atoms with Crippen LogP contribution < -0.4 is 4.74 Å². The van der Waals surface area contributed by atoms with Crippen LogP contribution in [0.3, 0.4) is 0 Å². The molecule has 18 heavy (non-hydrogen) atoms. The molecule has 3 heteroatoms. The van der Waals surface area contributed by atoms with Gasteiger partial charge in [0, 0.05) is 14.1 Å². The van der Waals surface area contributed by atoms with E-state index in [-0.39, 0.29) is 12.5 Å². The van der Waals surface area contributed by atoms with Gasteiger partial charge in [-0.2, -0.15) is 0 Å². The van der Waals surface area contributed by atoms with E-state index in [1.165, 1.54) is 16.0 Å². The van der Waals surface area contributed by atoms with Crippen molar-refractivity contribution in [1.29, 1.82) is 0 Å². The smallest absolute Gasteiger partial charge is 0.259 e. The minimum atomic E-state index is -0.0278. The van der Waals surface area contributed by atoms with Crippen LogP contribution in [0.5, 0.6) is 5.75 Å². The summed E-state index contributed by atoms with van der Waals surface area (Å²) in [5.74, 6) is 1.27. The highest BCUT2D eigenvalue weighted by Crippen LogP contribution is 2.28. The molecule has 0 spiro atoms. The van der Waals surface area contributed by atoms with E-state index in [0.29, 0.717) is 5.92 Å². The van der Waals surface area contributed by atoms with E-state index < -0.39 is 0 Å². The van der Waals surface area contributed by atoms with Gasteiger partial charge < -0.3 is 9.64 Å². The van der Waals surface area contributed by atoms with Crippen LogP contribution in [0.2, 0.25) is 0 Å². The highest BCUT2D eigenvalue weighted by atomic mass is 16.5. The molecule has 1 aromatic rings. The molecule has 0 atom stereocenters. The summed E-state index contributed by atoms with van der Waals surface area (Å²) in [5.41, 5.74) is 3.70. The largest absolute Gasteiger partial charge is 0.483 e. The standard InChI is InChI=1S/C15H23NO2/c1-10(2)13-7-8-14(12(4)11(13)3)18-9-15(17)16(5)6/h7-8,10H,9H2,1-6H3. The van der Waals surface area contributed by atoms with Crippen molar-refractivity contribution in [2.75, 3.05) is 20.7 Å². The molecule has 0 aliphatic heterocycles. The van der Waals surface area contributed by atoms with Crippen LogP contribution in [0.4, 0.5) is 0 Å². The summed E-state index contributed by atoms with van der Waals surface area (Å²) in [6.45, 7) is 8.59. The quantitative estimate of drug-likeness (QED) is 0.821. The van der Waals surface area contributed by atoms with Crippen molar-refractivity contribution in [2.24, 2.45) is 0 Å². The number of carbonyl (C=O) groups excluding carboxylic acids is 1. The molecule has 0 bridgehead atoms. The van der Waals surface area contributed by atoms with Crippen molar-refractivity contribution < 1.29 is 9.53 Å². The van der Waals surface area contributed by atoms with Gasteiger partial charge >= 0.3 is 0 Å². The number of hydrogen-bond donors (Lipinski definition) is 0.